The predicted octanol–water partition coefficient (Wildman–Crippen LogP) is 0.975. The van der Waals surface area contributed by atoms with Gasteiger partial charge in [-0.2, -0.15) is 0 Å². The number of fused-ring (bicyclic) bond motifs is 2. The van der Waals surface area contributed by atoms with E-state index >= 15 is 0 Å². The van der Waals surface area contributed by atoms with Crippen molar-refractivity contribution in [2.24, 2.45) is 23.5 Å². The summed E-state index contributed by atoms with van der Waals surface area (Å²) >= 11 is 0. The second-order valence-electron chi connectivity index (χ2n) is 6.07. The van der Waals surface area contributed by atoms with Gasteiger partial charge in [0.25, 0.3) is 0 Å². The van der Waals surface area contributed by atoms with E-state index in [1.54, 1.807) is 4.90 Å². The highest BCUT2D eigenvalue weighted by Crippen LogP contribution is 2.45. The van der Waals surface area contributed by atoms with Gasteiger partial charge in [0.15, 0.2) is 0 Å². The SMILES string of the molecule is CC(C)(C)OC(=O)N1CC2CC(C1)C2C(N)=O. The van der Waals surface area contributed by atoms with Crippen LogP contribution < -0.4 is 5.73 Å². The van der Waals surface area contributed by atoms with Gasteiger partial charge < -0.3 is 15.4 Å². The summed E-state index contributed by atoms with van der Waals surface area (Å²) < 4.78 is 5.31. The normalized spacial score (nSPS) is 31.7. The molecule has 0 aromatic carbocycles. The number of carbonyl (C=O) groups is 2. The summed E-state index contributed by atoms with van der Waals surface area (Å²) in [6.45, 7) is 6.74. The van der Waals surface area contributed by atoms with Crippen molar-refractivity contribution in [3.05, 3.63) is 0 Å². The Hall–Kier alpha value is -1.26. The zero-order chi connectivity index (χ0) is 12.8. The number of carbonyl (C=O) groups excluding carboxylic acids is 2. The van der Waals surface area contributed by atoms with Crippen LogP contribution in [0.2, 0.25) is 0 Å². The van der Waals surface area contributed by atoms with Gasteiger partial charge in [0, 0.05) is 19.0 Å². The summed E-state index contributed by atoms with van der Waals surface area (Å²) in [6, 6.07) is 0. The van der Waals surface area contributed by atoms with Crippen LogP contribution in [0.4, 0.5) is 4.79 Å². The number of nitrogens with zero attached hydrogens (tertiary/aromatic N) is 1. The highest BCUT2D eigenvalue weighted by molar-refractivity contribution is 5.79. The van der Waals surface area contributed by atoms with E-state index in [0.717, 1.165) is 6.42 Å². The van der Waals surface area contributed by atoms with Crippen LogP contribution in [0, 0.1) is 17.8 Å². The van der Waals surface area contributed by atoms with Gasteiger partial charge in [0.1, 0.15) is 5.60 Å². The molecule has 3 fully saturated rings. The average molecular weight is 240 g/mol. The Morgan fingerprint density at radius 1 is 1.24 bits per heavy atom. The van der Waals surface area contributed by atoms with Crippen LogP contribution in [0.15, 0.2) is 0 Å². The number of amides is 2. The van der Waals surface area contributed by atoms with E-state index in [4.69, 9.17) is 10.5 Å². The number of ether oxygens (including phenoxy) is 1. The van der Waals surface area contributed by atoms with Crippen molar-refractivity contribution in [1.29, 1.82) is 0 Å². The molecule has 0 spiro atoms. The molecule has 0 aromatic heterocycles. The van der Waals surface area contributed by atoms with E-state index < -0.39 is 5.60 Å². The van der Waals surface area contributed by atoms with Crippen LogP contribution in [-0.2, 0) is 9.53 Å². The van der Waals surface area contributed by atoms with Gasteiger partial charge in [-0.05, 0) is 39.0 Å². The van der Waals surface area contributed by atoms with Gasteiger partial charge >= 0.3 is 6.09 Å². The van der Waals surface area contributed by atoms with Crippen molar-refractivity contribution < 1.29 is 14.3 Å². The fourth-order valence-corrected chi connectivity index (χ4v) is 2.83. The molecule has 2 amide bonds. The summed E-state index contributed by atoms with van der Waals surface area (Å²) in [5.74, 6) is 0.210. The highest BCUT2D eigenvalue weighted by atomic mass is 16.6. The lowest BCUT2D eigenvalue weighted by atomic mass is 9.61. The molecule has 2 N–H and O–H groups in total. The van der Waals surface area contributed by atoms with E-state index in [1.165, 1.54) is 0 Å². The van der Waals surface area contributed by atoms with Gasteiger partial charge in [0.05, 0.1) is 0 Å². The lowest BCUT2D eigenvalue weighted by Gasteiger charge is -2.51. The Bertz CT molecular complexity index is 336. The van der Waals surface area contributed by atoms with E-state index in [9.17, 15) is 9.59 Å². The van der Waals surface area contributed by atoms with Crippen LogP contribution in [-0.4, -0.2) is 35.6 Å². The molecule has 0 aromatic rings. The molecule has 17 heavy (non-hydrogen) atoms. The molecule has 0 radical (unpaired) electrons. The molecular weight excluding hydrogens is 220 g/mol. The molecule has 2 bridgehead atoms. The molecule has 2 saturated heterocycles. The van der Waals surface area contributed by atoms with Crippen molar-refractivity contribution in [2.45, 2.75) is 32.8 Å². The van der Waals surface area contributed by atoms with E-state index in [2.05, 4.69) is 0 Å². The molecule has 2 unspecified atom stereocenters. The first-order valence-electron chi connectivity index (χ1n) is 6.05. The molecule has 3 rings (SSSR count). The Morgan fingerprint density at radius 2 is 1.76 bits per heavy atom. The Morgan fingerprint density at radius 3 is 2.18 bits per heavy atom. The van der Waals surface area contributed by atoms with Crippen LogP contribution in [0.1, 0.15) is 27.2 Å². The Balaban J connectivity index is 1.92. The molecule has 3 aliphatic rings. The summed E-state index contributed by atoms with van der Waals surface area (Å²) in [7, 11) is 0. The summed E-state index contributed by atoms with van der Waals surface area (Å²) in [6.07, 6.45) is 0.725. The number of primary amides is 1. The van der Waals surface area contributed by atoms with Crippen LogP contribution >= 0.6 is 0 Å². The Kier molecular flexibility index (Phi) is 2.79. The van der Waals surface area contributed by atoms with Crippen LogP contribution in [0.25, 0.3) is 0 Å². The molecule has 2 atom stereocenters. The van der Waals surface area contributed by atoms with Gasteiger partial charge in [-0.3, -0.25) is 4.79 Å². The second kappa shape index (κ2) is 3.89. The molecule has 5 heteroatoms. The third-order valence-electron chi connectivity index (χ3n) is 3.51. The third-order valence-corrected chi connectivity index (χ3v) is 3.51. The van der Waals surface area contributed by atoms with E-state index in [1.807, 2.05) is 20.8 Å². The number of hydrogen-bond acceptors (Lipinski definition) is 3. The molecular formula is C12H20N2O3. The first-order chi connectivity index (χ1) is 7.78. The summed E-state index contributed by atoms with van der Waals surface area (Å²) in [5.41, 5.74) is 4.87. The number of nitrogens with two attached hydrogens (primary N) is 1. The quantitative estimate of drug-likeness (QED) is 0.742. The number of hydrogen-bond donors (Lipinski definition) is 1. The maximum Gasteiger partial charge on any atom is 0.410 e. The minimum atomic E-state index is -0.470. The molecule has 2 heterocycles. The van der Waals surface area contributed by atoms with Crippen molar-refractivity contribution in [3.63, 3.8) is 0 Å². The topological polar surface area (TPSA) is 72.6 Å². The summed E-state index contributed by atoms with van der Waals surface area (Å²) in [5, 5.41) is 0. The van der Waals surface area contributed by atoms with Gasteiger partial charge in [-0.15, -0.1) is 0 Å². The van der Waals surface area contributed by atoms with Crippen LogP contribution in [0.3, 0.4) is 0 Å². The minimum absolute atomic E-state index is 0.0336. The molecule has 96 valence electrons. The van der Waals surface area contributed by atoms with Crippen molar-refractivity contribution in [2.75, 3.05) is 13.1 Å². The second-order valence-corrected chi connectivity index (χ2v) is 6.07. The van der Waals surface area contributed by atoms with Gasteiger partial charge in [-0.1, -0.05) is 0 Å². The van der Waals surface area contributed by atoms with E-state index in [0.29, 0.717) is 13.1 Å². The number of piperidine rings is 2. The minimum Gasteiger partial charge on any atom is -0.444 e. The maximum absolute atomic E-state index is 11.8. The van der Waals surface area contributed by atoms with E-state index in [-0.39, 0.29) is 29.8 Å². The predicted molar refractivity (Wildman–Crippen MR) is 62.1 cm³/mol. The largest absolute Gasteiger partial charge is 0.444 e. The average Bonchev–Trinajstić information content (AvgIpc) is 2.13. The fourth-order valence-electron chi connectivity index (χ4n) is 2.83. The molecule has 1 aliphatic carbocycles. The third kappa shape index (κ3) is 2.37. The smallest absolute Gasteiger partial charge is 0.410 e. The monoisotopic (exact) mass is 240 g/mol. The van der Waals surface area contributed by atoms with Crippen LogP contribution in [0.5, 0.6) is 0 Å². The summed E-state index contributed by atoms with van der Waals surface area (Å²) in [4.78, 5) is 24.7. The maximum atomic E-state index is 11.8. The molecule has 1 saturated carbocycles. The zero-order valence-electron chi connectivity index (χ0n) is 10.6. The lowest BCUT2D eigenvalue weighted by molar-refractivity contribution is -0.137. The Labute approximate surface area is 101 Å². The van der Waals surface area contributed by atoms with Crippen molar-refractivity contribution in [3.8, 4) is 0 Å². The first kappa shape index (κ1) is 12.2. The standard InChI is InChI=1S/C12H20N2O3/c1-12(2,3)17-11(16)14-5-7-4-8(6-14)9(7)10(13)15/h7-9H,4-6H2,1-3H3,(H2,13,15). The van der Waals surface area contributed by atoms with Gasteiger partial charge in [-0.25, -0.2) is 4.79 Å². The van der Waals surface area contributed by atoms with Crippen molar-refractivity contribution >= 4 is 12.0 Å². The molecule has 5 nitrogen and oxygen atoms in total. The lowest BCUT2D eigenvalue weighted by Crippen LogP contribution is -2.60. The molecule has 2 aliphatic heterocycles. The van der Waals surface area contributed by atoms with Gasteiger partial charge in [0.2, 0.25) is 5.91 Å². The zero-order valence-corrected chi connectivity index (χ0v) is 10.6. The number of rotatable bonds is 1. The highest BCUT2D eigenvalue weighted by Gasteiger charge is 2.51. The first-order valence-corrected chi connectivity index (χ1v) is 6.05. The fraction of sp³-hybridized carbons (Fsp3) is 0.833. The van der Waals surface area contributed by atoms with Crippen molar-refractivity contribution in [1.82, 2.24) is 4.90 Å².